The van der Waals surface area contributed by atoms with Crippen molar-refractivity contribution >= 4 is 30.8 Å². The van der Waals surface area contributed by atoms with Gasteiger partial charge in [0.15, 0.2) is 0 Å². The van der Waals surface area contributed by atoms with Gasteiger partial charge in [0.05, 0.1) is 0 Å². The molecule has 144 valence electrons. The van der Waals surface area contributed by atoms with Gasteiger partial charge in [0.2, 0.25) is 0 Å². The standard InChI is InChI=1S/C19H30N2O2.2ClH/c1-4-6-12-21-13-10-19(11-14-21,23-18(22)5-2)15-17-9-7-8-16(3)20-17;;/h7-9H,4-6,10-15H2,1-3H3;2*1H. The zero-order chi connectivity index (χ0) is 16.7. The van der Waals surface area contributed by atoms with Crippen molar-refractivity contribution in [3.05, 3.63) is 29.6 Å². The predicted molar refractivity (Wildman–Crippen MR) is 107 cm³/mol. The van der Waals surface area contributed by atoms with E-state index in [0.29, 0.717) is 6.42 Å². The highest BCUT2D eigenvalue weighted by Crippen LogP contribution is 2.30. The molecule has 2 rings (SSSR count). The SMILES string of the molecule is CCCCN1CCC(Cc2cccc(C)n2)(OC(=O)CC)CC1.Cl.Cl. The molecule has 0 amide bonds. The summed E-state index contributed by atoms with van der Waals surface area (Å²) in [5.74, 6) is -0.0975. The molecule has 1 aromatic rings. The number of piperidine rings is 1. The lowest BCUT2D eigenvalue weighted by Gasteiger charge is -2.41. The Morgan fingerprint density at radius 1 is 1.24 bits per heavy atom. The molecule has 1 aromatic heterocycles. The molecular formula is C19H32Cl2N2O2. The highest BCUT2D eigenvalue weighted by Gasteiger charge is 2.38. The number of ether oxygens (including phenoxy) is 1. The van der Waals surface area contributed by atoms with E-state index in [4.69, 9.17) is 4.74 Å². The molecule has 6 heteroatoms. The lowest BCUT2D eigenvalue weighted by Crippen LogP contribution is -2.48. The summed E-state index contributed by atoms with van der Waals surface area (Å²) in [5.41, 5.74) is 1.66. The van der Waals surface area contributed by atoms with Gasteiger partial charge < -0.3 is 9.64 Å². The van der Waals surface area contributed by atoms with Gasteiger partial charge in [-0.15, -0.1) is 24.8 Å². The third-order valence-electron chi connectivity index (χ3n) is 4.66. The number of likely N-dealkylation sites (tertiary alicyclic amines) is 1. The van der Waals surface area contributed by atoms with Crippen LogP contribution in [-0.4, -0.2) is 41.1 Å². The number of aryl methyl sites for hydroxylation is 1. The number of unbranched alkanes of at least 4 members (excludes halogenated alkanes) is 1. The average molecular weight is 391 g/mol. The van der Waals surface area contributed by atoms with Crippen molar-refractivity contribution in [3.63, 3.8) is 0 Å². The van der Waals surface area contributed by atoms with Crippen LogP contribution in [0.2, 0.25) is 0 Å². The van der Waals surface area contributed by atoms with E-state index in [1.54, 1.807) is 0 Å². The maximum Gasteiger partial charge on any atom is 0.306 e. The second-order valence-corrected chi connectivity index (χ2v) is 6.65. The van der Waals surface area contributed by atoms with Gasteiger partial charge in [-0.1, -0.05) is 26.3 Å². The zero-order valence-electron chi connectivity index (χ0n) is 15.6. The van der Waals surface area contributed by atoms with E-state index in [1.807, 2.05) is 32.0 Å². The summed E-state index contributed by atoms with van der Waals surface area (Å²) in [6, 6.07) is 6.07. The van der Waals surface area contributed by atoms with E-state index in [9.17, 15) is 4.79 Å². The summed E-state index contributed by atoms with van der Waals surface area (Å²) >= 11 is 0. The lowest BCUT2D eigenvalue weighted by atomic mass is 9.86. The first-order chi connectivity index (χ1) is 11.1. The average Bonchev–Trinajstić information content (AvgIpc) is 2.54. The van der Waals surface area contributed by atoms with E-state index in [2.05, 4.69) is 16.8 Å². The number of nitrogens with zero attached hydrogens (tertiary/aromatic N) is 2. The van der Waals surface area contributed by atoms with Crippen molar-refractivity contribution in [3.8, 4) is 0 Å². The Labute approximate surface area is 164 Å². The summed E-state index contributed by atoms with van der Waals surface area (Å²) < 4.78 is 5.92. The van der Waals surface area contributed by atoms with Gasteiger partial charge in [-0.25, -0.2) is 0 Å². The predicted octanol–water partition coefficient (Wildman–Crippen LogP) is 4.36. The van der Waals surface area contributed by atoms with Gasteiger partial charge in [-0.2, -0.15) is 0 Å². The normalized spacial score (nSPS) is 16.4. The number of hydrogen-bond donors (Lipinski definition) is 0. The molecule has 1 fully saturated rings. The first kappa shape index (κ1) is 24.2. The number of hydrogen-bond acceptors (Lipinski definition) is 4. The fraction of sp³-hybridized carbons (Fsp3) is 0.684. The summed E-state index contributed by atoms with van der Waals surface area (Å²) in [7, 11) is 0. The van der Waals surface area contributed by atoms with Crippen LogP contribution in [0.5, 0.6) is 0 Å². The lowest BCUT2D eigenvalue weighted by molar-refractivity contribution is -0.164. The van der Waals surface area contributed by atoms with Gasteiger partial charge in [0.25, 0.3) is 0 Å². The van der Waals surface area contributed by atoms with Crippen molar-refractivity contribution in [2.75, 3.05) is 19.6 Å². The minimum atomic E-state index is -0.378. The van der Waals surface area contributed by atoms with Crippen molar-refractivity contribution in [1.29, 1.82) is 0 Å². The molecule has 2 heterocycles. The molecule has 0 spiro atoms. The van der Waals surface area contributed by atoms with Gasteiger partial charge in [-0.3, -0.25) is 9.78 Å². The summed E-state index contributed by atoms with van der Waals surface area (Å²) in [6.45, 7) is 9.24. The first-order valence-electron chi connectivity index (χ1n) is 8.93. The molecule has 0 saturated carbocycles. The van der Waals surface area contributed by atoms with Crippen LogP contribution in [0.1, 0.15) is 57.3 Å². The van der Waals surface area contributed by atoms with Crippen molar-refractivity contribution < 1.29 is 9.53 Å². The van der Waals surface area contributed by atoms with Crippen molar-refractivity contribution in [1.82, 2.24) is 9.88 Å². The quantitative estimate of drug-likeness (QED) is 0.648. The van der Waals surface area contributed by atoms with Crippen LogP contribution in [-0.2, 0) is 16.0 Å². The van der Waals surface area contributed by atoms with Crippen LogP contribution in [0.3, 0.4) is 0 Å². The Morgan fingerprint density at radius 2 is 1.92 bits per heavy atom. The maximum atomic E-state index is 11.9. The zero-order valence-corrected chi connectivity index (χ0v) is 17.3. The summed E-state index contributed by atoms with van der Waals surface area (Å²) in [4.78, 5) is 19.0. The number of carbonyl (C=O) groups excluding carboxylic acids is 1. The van der Waals surface area contributed by atoms with Crippen LogP contribution >= 0.6 is 24.8 Å². The Balaban J connectivity index is 0.00000288. The number of esters is 1. The van der Waals surface area contributed by atoms with E-state index in [0.717, 1.165) is 50.3 Å². The Hall–Kier alpha value is -0.840. The van der Waals surface area contributed by atoms with Crippen LogP contribution in [0, 0.1) is 6.92 Å². The van der Waals surface area contributed by atoms with Gasteiger partial charge >= 0.3 is 5.97 Å². The molecule has 0 aromatic carbocycles. The van der Waals surface area contributed by atoms with Crippen molar-refractivity contribution in [2.45, 2.75) is 64.9 Å². The molecule has 0 radical (unpaired) electrons. The third kappa shape index (κ3) is 7.51. The van der Waals surface area contributed by atoms with Crippen LogP contribution in [0.15, 0.2) is 18.2 Å². The van der Waals surface area contributed by atoms with E-state index >= 15 is 0 Å². The molecule has 25 heavy (non-hydrogen) atoms. The highest BCUT2D eigenvalue weighted by molar-refractivity contribution is 5.85. The molecular weight excluding hydrogens is 359 g/mol. The number of pyridine rings is 1. The monoisotopic (exact) mass is 390 g/mol. The van der Waals surface area contributed by atoms with E-state index in [-0.39, 0.29) is 36.4 Å². The van der Waals surface area contributed by atoms with E-state index < -0.39 is 0 Å². The number of carbonyl (C=O) groups is 1. The van der Waals surface area contributed by atoms with Gasteiger partial charge in [0.1, 0.15) is 5.60 Å². The second kappa shape index (κ2) is 11.7. The molecule has 0 aliphatic carbocycles. The van der Waals surface area contributed by atoms with Crippen molar-refractivity contribution in [2.24, 2.45) is 0 Å². The van der Waals surface area contributed by atoms with Crippen LogP contribution in [0.4, 0.5) is 0 Å². The molecule has 1 aliphatic rings. The molecule has 4 nitrogen and oxygen atoms in total. The highest BCUT2D eigenvalue weighted by atomic mass is 35.5. The smallest absolute Gasteiger partial charge is 0.306 e. The third-order valence-corrected chi connectivity index (χ3v) is 4.66. The minimum Gasteiger partial charge on any atom is -0.459 e. The Morgan fingerprint density at radius 3 is 2.48 bits per heavy atom. The fourth-order valence-corrected chi connectivity index (χ4v) is 3.22. The van der Waals surface area contributed by atoms with Gasteiger partial charge in [0, 0.05) is 50.2 Å². The fourth-order valence-electron chi connectivity index (χ4n) is 3.22. The first-order valence-corrected chi connectivity index (χ1v) is 8.93. The molecule has 1 saturated heterocycles. The molecule has 0 unspecified atom stereocenters. The second-order valence-electron chi connectivity index (χ2n) is 6.65. The van der Waals surface area contributed by atoms with Crippen LogP contribution in [0.25, 0.3) is 0 Å². The van der Waals surface area contributed by atoms with Gasteiger partial charge in [-0.05, 0) is 32.0 Å². The molecule has 0 N–H and O–H groups in total. The Kier molecular flexibility index (Phi) is 11.3. The number of aromatic nitrogens is 1. The number of halogens is 2. The summed E-state index contributed by atoms with van der Waals surface area (Å²) in [5, 5.41) is 0. The summed E-state index contributed by atoms with van der Waals surface area (Å²) in [6.07, 6.45) is 5.42. The minimum absolute atomic E-state index is 0. The number of rotatable bonds is 7. The van der Waals surface area contributed by atoms with Crippen LogP contribution < -0.4 is 0 Å². The molecule has 0 atom stereocenters. The maximum absolute atomic E-state index is 11.9. The topological polar surface area (TPSA) is 42.4 Å². The Bertz CT molecular complexity index is 518. The van der Waals surface area contributed by atoms with E-state index in [1.165, 1.54) is 12.8 Å². The molecule has 0 bridgehead atoms. The molecule has 1 aliphatic heterocycles. The largest absolute Gasteiger partial charge is 0.459 e.